The third-order valence-corrected chi connectivity index (χ3v) is 12.5. The van der Waals surface area contributed by atoms with Crippen LogP contribution >= 0.6 is 11.8 Å². The molecule has 246 valence electrons. The molecule has 1 spiro atoms. The topological polar surface area (TPSA) is 81.2 Å². The first-order valence-corrected chi connectivity index (χ1v) is 17.6. The molecule has 1 N–H and O–H groups in total. The van der Waals surface area contributed by atoms with Crippen LogP contribution in [0.2, 0.25) is 0 Å². The highest BCUT2D eigenvalue weighted by atomic mass is 32.2. The van der Waals surface area contributed by atoms with E-state index in [2.05, 4.69) is 20.1 Å². The Kier molecular flexibility index (Phi) is 9.62. The van der Waals surface area contributed by atoms with Crippen molar-refractivity contribution in [3.8, 4) is 0 Å². The minimum Gasteiger partial charge on any atom is -0.394 e. The van der Waals surface area contributed by atoms with E-state index in [1.807, 2.05) is 84.6 Å². The van der Waals surface area contributed by atoms with Gasteiger partial charge < -0.3 is 19.8 Å². The zero-order valence-corrected chi connectivity index (χ0v) is 28.1. The Morgan fingerprint density at radius 3 is 2.40 bits per heavy atom. The lowest BCUT2D eigenvalue weighted by atomic mass is 9.65. The van der Waals surface area contributed by atoms with Crippen LogP contribution in [0.1, 0.15) is 32.3 Å². The first-order chi connectivity index (χ1) is 22.8. The third kappa shape index (κ3) is 5.59. The second-order valence-corrected chi connectivity index (χ2v) is 14.7. The first-order valence-electron chi connectivity index (χ1n) is 16.8. The highest BCUT2D eigenvalue weighted by molar-refractivity contribution is 8.02. The molecule has 0 aliphatic carbocycles. The minimum atomic E-state index is -0.867. The van der Waals surface area contributed by atoms with Gasteiger partial charge in [-0.1, -0.05) is 86.7 Å². The van der Waals surface area contributed by atoms with Crippen molar-refractivity contribution in [1.82, 2.24) is 9.80 Å². The fraction of sp³-hybridized carbons (Fsp3) is 0.410. The molecule has 7 atom stereocenters. The molecule has 3 aromatic rings. The van der Waals surface area contributed by atoms with E-state index < -0.39 is 28.7 Å². The van der Waals surface area contributed by atoms with Gasteiger partial charge >= 0.3 is 0 Å². The average Bonchev–Trinajstić information content (AvgIpc) is 3.69. The molecule has 3 heterocycles. The zero-order valence-electron chi connectivity index (χ0n) is 27.3. The Labute approximate surface area is 282 Å². The van der Waals surface area contributed by atoms with E-state index in [1.54, 1.807) is 33.7 Å². The molecule has 8 heteroatoms. The Morgan fingerprint density at radius 1 is 1.02 bits per heavy atom. The number of hydrogen-bond acceptors (Lipinski definition) is 5. The van der Waals surface area contributed by atoms with Crippen LogP contribution in [0.4, 0.5) is 5.69 Å². The average molecular weight is 652 g/mol. The van der Waals surface area contributed by atoms with Crippen LogP contribution in [0.3, 0.4) is 0 Å². The van der Waals surface area contributed by atoms with E-state index in [-0.39, 0.29) is 42.0 Å². The number of likely N-dealkylation sites (tertiary alicyclic amines) is 1. The quantitative estimate of drug-likeness (QED) is 0.239. The number of hydrogen-bond donors (Lipinski definition) is 1. The zero-order chi connectivity index (χ0) is 33.3. The van der Waals surface area contributed by atoms with Gasteiger partial charge in [0.1, 0.15) is 6.04 Å². The summed E-state index contributed by atoms with van der Waals surface area (Å²) in [5, 5.41) is 12.9. The summed E-state index contributed by atoms with van der Waals surface area (Å²) in [6, 6.07) is 22.2. The molecular formula is C39H45N3O4S. The lowest BCUT2D eigenvalue weighted by Gasteiger charge is -2.42. The van der Waals surface area contributed by atoms with Crippen LogP contribution in [-0.4, -0.2) is 80.9 Å². The van der Waals surface area contributed by atoms with Crippen LogP contribution < -0.4 is 4.90 Å². The van der Waals surface area contributed by atoms with Gasteiger partial charge in [-0.05, 0) is 53.6 Å². The van der Waals surface area contributed by atoms with Crippen LogP contribution in [0.25, 0.3) is 10.8 Å². The van der Waals surface area contributed by atoms with Gasteiger partial charge in [0.05, 0.1) is 29.2 Å². The molecule has 0 radical (unpaired) electrons. The van der Waals surface area contributed by atoms with Crippen LogP contribution in [0.5, 0.6) is 0 Å². The molecule has 3 aromatic carbocycles. The summed E-state index contributed by atoms with van der Waals surface area (Å²) in [4.78, 5) is 49.8. The van der Waals surface area contributed by atoms with Crippen LogP contribution in [-0.2, 0) is 20.8 Å². The lowest BCUT2D eigenvalue weighted by molar-refractivity contribution is -0.145. The minimum absolute atomic E-state index is 0.00623. The second kappa shape index (κ2) is 13.7. The number of thioether (sulfide) groups is 1. The van der Waals surface area contributed by atoms with E-state index in [0.29, 0.717) is 19.5 Å². The van der Waals surface area contributed by atoms with Gasteiger partial charge in [0.15, 0.2) is 0 Å². The molecule has 3 saturated heterocycles. The van der Waals surface area contributed by atoms with E-state index in [0.717, 1.165) is 34.9 Å². The van der Waals surface area contributed by atoms with Gasteiger partial charge in [-0.2, -0.15) is 0 Å². The third-order valence-electron chi connectivity index (χ3n) is 10.4. The Morgan fingerprint density at radius 2 is 1.72 bits per heavy atom. The smallest absolute Gasteiger partial charge is 0.251 e. The SMILES string of the molecule is C=CCN(CCC)C(=O)[C@@H]1[C@@H]2CC(C)C3(S2)C(C(=O)N(CC=C)c2ccc4ccccc4c2)N([C@@H](CO)Cc2ccccc2)C(=O)[C@H]13. The highest BCUT2D eigenvalue weighted by Gasteiger charge is 2.77. The Balaban J connectivity index is 1.48. The van der Waals surface area contributed by atoms with Crippen molar-refractivity contribution < 1.29 is 19.5 Å². The molecule has 0 aromatic heterocycles. The first kappa shape index (κ1) is 33.0. The van der Waals surface area contributed by atoms with Gasteiger partial charge in [0, 0.05) is 30.6 Å². The van der Waals surface area contributed by atoms with Crippen molar-refractivity contribution in [2.24, 2.45) is 17.8 Å². The summed E-state index contributed by atoms with van der Waals surface area (Å²) >= 11 is 1.67. The molecule has 7 nitrogen and oxygen atoms in total. The van der Waals surface area contributed by atoms with Crippen molar-refractivity contribution in [1.29, 1.82) is 0 Å². The fourth-order valence-electron chi connectivity index (χ4n) is 8.42. The number of benzene rings is 3. The largest absolute Gasteiger partial charge is 0.394 e. The van der Waals surface area contributed by atoms with Crippen molar-refractivity contribution in [2.75, 3.05) is 31.1 Å². The Hall–Kier alpha value is -3.88. The summed E-state index contributed by atoms with van der Waals surface area (Å²) in [5.74, 6) is -1.64. The van der Waals surface area contributed by atoms with Gasteiger partial charge in [0.25, 0.3) is 5.91 Å². The van der Waals surface area contributed by atoms with Crippen molar-refractivity contribution in [3.63, 3.8) is 0 Å². The number of rotatable bonds is 13. The summed E-state index contributed by atoms with van der Waals surface area (Å²) in [5.41, 5.74) is 1.69. The second-order valence-electron chi connectivity index (χ2n) is 13.2. The Bertz CT molecular complexity index is 1660. The molecular weight excluding hydrogens is 607 g/mol. The molecule has 3 aliphatic rings. The maximum absolute atomic E-state index is 15.3. The summed E-state index contributed by atoms with van der Waals surface area (Å²) in [7, 11) is 0. The standard InChI is InChI=1S/C39H45N3O4S/c1-5-19-40(20-6-2)36(44)33-32-22-26(4)39(47-32)34(33)37(45)42(31(25-43)23-27-13-9-8-10-14-27)35(39)38(46)41(21-7-3)30-18-17-28-15-11-12-16-29(28)24-30/h5,7-18,24,26,31-35,43H,1,3,6,19-23,25H2,2,4H3/t26?,31-,32+,33-,34+,35?,39?/m1/s1. The normalized spacial score (nSPS) is 26.7. The maximum atomic E-state index is 15.3. The summed E-state index contributed by atoms with van der Waals surface area (Å²) in [6.07, 6.45) is 5.38. The summed E-state index contributed by atoms with van der Waals surface area (Å²) in [6.45, 7) is 13.0. The predicted molar refractivity (Wildman–Crippen MR) is 190 cm³/mol. The molecule has 0 saturated carbocycles. The van der Waals surface area contributed by atoms with Crippen LogP contribution in [0.15, 0.2) is 98.1 Å². The van der Waals surface area contributed by atoms with Gasteiger partial charge in [-0.3, -0.25) is 14.4 Å². The lowest BCUT2D eigenvalue weighted by Crippen LogP contribution is -2.59. The molecule has 6 rings (SSSR count). The number of carbonyl (C=O) groups is 3. The van der Waals surface area contributed by atoms with Crippen LogP contribution in [0, 0.1) is 17.8 Å². The number of amides is 3. The number of aliphatic hydroxyl groups excluding tert-OH is 1. The maximum Gasteiger partial charge on any atom is 0.251 e. The monoisotopic (exact) mass is 651 g/mol. The molecule has 3 amide bonds. The number of nitrogens with zero attached hydrogens (tertiary/aromatic N) is 3. The van der Waals surface area contributed by atoms with Crippen molar-refractivity contribution in [2.45, 2.75) is 55.2 Å². The molecule has 3 aliphatic heterocycles. The molecule has 2 bridgehead atoms. The van der Waals surface area contributed by atoms with Crippen molar-refractivity contribution >= 4 is 45.9 Å². The van der Waals surface area contributed by atoms with Gasteiger partial charge in [-0.25, -0.2) is 0 Å². The van der Waals surface area contributed by atoms with E-state index in [1.165, 1.54) is 0 Å². The molecule has 3 unspecified atom stereocenters. The fourth-order valence-corrected chi connectivity index (χ4v) is 10.8. The summed E-state index contributed by atoms with van der Waals surface area (Å²) < 4.78 is -0.814. The van der Waals surface area contributed by atoms with E-state index >= 15 is 4.79 Å². The van der Waals surface area contributed by atoms with Gasteiger partial charge in [0.2, 0.25) is 11.8 Å². The molecule has 3 fully saturated rings. The highest BCUT2D eigenvalue weighted by Crippen LogP contribution is 2.69. The van der Waals surface area contributed by atoms with Gasteiger partial charge in [-0.15, -0.1) is 24.9 Å². The van der Waals surface area contributed by atoms with Crippen molar-refractivity contribution in [3.05, 3.63) is 104 Å². The number of aliphatic hydroxyl groups is 1. The predicted octanol–water partition coefficient (Wildman–Crippen LogP) is 5.72. The number of fused-ring (bicyclic) bond motifs is 2. The van der Waals surface area contributed by atoms with E-state index in [9.17, 15) is 14.7 Å². The number of anilines is 1. The van der Waals surface area contributed by atoms with E-state index in [4.69, 9.17) is 0 Å². The molecule has 47 heavy (non-hydrogen) atoms. The number of carbonyl (C=O) groups excluding carboxylic acids is 3.